The van der Waals surface area contributed by atoms with Crippen LogP contribution in [0.1, 0.15) is 38.1 Å². The smallest absolute Gasteiger partial charge is 0.276 e. The number of phenols is 1. The second-order valence-electron chi connectivity index (χ2n) is 7.71. The summed E-state index contributed by atoms with van der Waals surface area (Å²) in [5, 5.41) is 28.0. The zero-order valence-electron chi connectivity index (χ0n) is 16.5. The van der Waals surface area contributed by atoms with E-state index >= 15 is 0 Å². The van der Waals surface area contributed by atoms with Gasteiger partial charge in [0.25, 0.3) is 11.6 Å². The molecule has 158 valence electrons. The fraction of sp³-hybridized carbons (Fsp3) is 0.227. The zero-order chi connectivity index (χ0) is 21.5. The summed E-state index contributed by atoms with van der Waals surface area (Å²) in [5.74, 6) is -0.338. The largest absolute Gasteiger partial charge is 0.508 e. The summed E-state index contributed by atoms with van der Waals surface area (Å²) in [7, 11) is 0. The minimum absolute atomic E-state index is 0.0931. The summed E-state index contributed by atoms with van der Waals surface area (Å²) in [5.41, 5.74) is 3.01. The number of amides is 1. The van der Waals surface area contributed by atoms with Crippen LogP contribution in [0, 0.1) is 10.1 Å². The van der Waals surface area contributed by atoms with Gasteiger partial charge in [-0.1, -0.05) is 30.3 Å². The highest BCUT2D eigenvalue weighted by Gasteiger charge is 2.35. The number of carbonyl (C=O) groups excluding carboxylic acids is 1. The number of hydrogen-bond donors (Lipinski definition) is 3. The molecule has 2 aromatic carbocycles. The highest BCUT2D eigenvalue weighted by molar-refractivity contribution is 7.16. The van der Waals surface area contributed by atoms with E-state index in [1.54, 1.807) is 0 Å². The second-order valence-corrected chi connectivity index (χ2v) is 8.81. The van der Waals surface area contributed by atoms with E-state index in [1.807, 2.05) is 18.2 Å². The number of aromatic hydroxyl groups is 1. The molecule has 0 radical (unpaired) electrons. The van der Waals surface area contributed by atoms with Crippen molar-refractivity contribution in [2.75, 3.05) is 11.9 Å². The van der Waals surface area contributed by atoms with E-state index in [9.17, 15) is 20.0 Å². The maximum absolute atomic E-state index is 13.0. The van der Waals surface area contributed by atoms with Crippen molar-refractivity contribution in [2.24, 2.45) is 0 Å². The van der Waals surface area contributed by atoms with Crippen molar-refractivity contribution in [3.8, 4) is 5.75 Å². The van der Waals surface area contributed by atoms with E-state index in [4.69, 9.17) is 0 Å². The van der Waals surface area contributed by atoms with Gasteiger partial charge in [0.05, 0.1) is 16.1 Å². The van der Waals surface area contributed by atoms with Crippen LogP contribution < -0.4 is 10.6 Å². The molecule has 2 aliphatic heterocycles. The Morgan fingerprint density at radius 3 is 2.77 bits per heavy atom. The molecular formula is C22H20N4O4S. The lowest BCUT2D eigenvalue weighted by atomic mass is 9.99. The molecule has 1 atom stereocenters. The predicted octanol–water partition coefficient (Wildman–Crippen LogP) is 3.77. The van der Waals surface area contributed by atoms with Gasteiger partial charge in [0.2, 0.25) is 0 Å². The van der Waals surface area contributed by atoms with E-state index < -0.39 is 11.1 Å². The summed E-state index contributed by atoms with van der Waals surface area (Å²) in [6, 6.07) is 14.1. The average Bonchev–Trinajstić information content (AvgIpc) is 3.12. The van der Waals surface area contributed by atoms with E-state index in [0.29, 0.717) is 5.56 Å². The normalized spacial score (nSPS) is 17.9. The minimum Gasteiger partial charge on any atom is -0.508 e. The Morgan fingerprint density at radius 2 is 2.00 bits per heavy atom. The molecule has 0 fully saturated rings. The van der Waals surface area contributed by atoms with E-state index in [1.165, 1.54) is 35.1 Å². The van der Waals surface area contributed by atoms with Crippen molar-refractivity contribution in [3.63, 3.8) is 0 Å². The van der Waals surface area contributed by atoms with Gasteiger partial charge >= 0.3 is 0 Å². The van der Waals surface area contributed by atoms with Crippen LogP contribution in [0.3, 0.4) is 0 Å². The molecule has 3 N–H and O–H groups in total. The molecular weight excluding hydrogens is 416 g/mol. The molecule has 0 bridgehead atoms. The van der Waals surface area contributed by atoms with Crippen molar-refractivity contribution >= 4 is 27.9 Å². The van der Waals surface area contributed by atoms with Crippen molar-refractivity contribution in [3.05, 3.63) is 85.8 Å². The number of nitrogens with zero attached hydrogens (tertiary/aromatic N) is 2. The third-order valence-corrected chi connectivity index (χ3v) is 6.83. The number of rotatable bonds is 4. The summed E-state index contributed by atoms with van der Waals surface area (Å²) in [4.78, 5) is 27.4. The molecule has 0 saturated heterocycles. The van der Waals surface area contributed by atoms with E-state index in [2.05, 4.69) is 27.7 Å². The Labute approximate surface area is 182 Å². The molecule has 31 heavy (non-hydrogen) atoms. The lowest BCUT2D eigenvalue weighted by Gasteiger charge is -2.28. The molecule has 0 spiro atoms. The molecule has 0 saturated carbocycles. The lowest BCUT2D eigenvalue weighted by Crippen LogP contribution is -2.39. The number of hydrogen-bond acceptors (Lipinski definition) is 7. The number of nitro groups is 1. The lowest BCUT2D eigenvalue weighted by molar-refractivity contribution is -0.385. The van der Waals surface area contributed by atoms with Gasteiger partial charge in [0.15, 0.2) is 0 Å². The Bertz CT molecular complexity index is 1180. The number of benzene rings is 2. The Kier molecular flexibility index (Phi) is 4.84. The first-order valence-electron chi connectivity index (χ1n) is 9.95. The van der Waals surface area contributed by atoms with E-state index in [-0.39, 0.29) is 22.9 Å². The molecule has 8 nitrogen and oxygen atoms in total. The quantitative estimate of drug-likeness (QED) is 0.424. The molecule has 3 heterocycles. The third-order valence-electron chi connectivity index (χ3n) is 5.68. The molecule has 9 heteroatoms. The van der Waals surface area contributed by atoms with Gasteiger partial charge < -0.3 is 15.7 Å². The number of carbonyl (C=O) groups is 1. The van der Waals surface area contributed by atoms with Gasteiger partial charge in [0, 0.05) is 30.6 Å². The standard InChI is InChI=1S/C22H20N4O4S/c27-14-6-7-17(26(29)30)16(10-14)20-23-21(28)19-15-8-9-25(11-13-4-2-1-3-5-13)12-18(15)31-22(19)24-20/h1-7,10,20,24,27H,8-9,11-12H2,(H,23,28). The first-order valence-corrected chi connectivity index (χ1v) is 10.8. The van der Waals surface area contributed by atoms with Gasteiger partial charge in [-0.2, -0.15) is 0 Å². The van der Waals surface area contributed by atoms with Crippen LogP contribution in [0.15, 0.2) is 48.5 Å². The fourth-order valence-electron chi connectivity index (χ4n) is 4.24. The number of anilines is 1. The van der Waals surface area contributed by atoms with Crippen molar-refractivity contribution < 1.29 is 14.8 Å². The fourth-order valence-corrected chi connectivity index (χ4v) is 5.56. The number of thiophene rings is 1. The summed E-state index contributed by atoms with van der Waals surface area (Å²) in [6.45, 7) is 2.47. The van der Waals surface area contributed by atoms with E-state index in [0.717, 1.165) is 41.5 Å². The van der Waals surface area contributed by atoms with Crippen LogP contribution >= 0.6 is 11.3 Å². The SMILES string of the molecule is O=C1NC(c2cc(O)ccc2[N+](=O)[O-])Nc2sc3c(c21)CCN(Cc1ccccc1)C3. The topological polar surface area (TPSA) is 108 Å². The third kappa shape index (κ3) is 3.62. The summed E-state index contributed by atoms with van der Waals surface area (Å²) < 4.78 is 0. The number of fused-ring (bicyclic) bond motifs is 3. The van der Waals surface area contributed by atoms with Crippen LogP contribution in [-0.4, -0.2) is 27.4 Å². The van der Waals surface area contributed by atoms with Gasteiger partial charge in [-0.25, -0.2) is 0 Å². The Balaban J connectivity index is 1.42. The highest BCUT2D eigenvalue weighted by Crippen LogP contribution is 2.42. The van der Waals surface area contributed by atoms with Gasteiger partial charge in [-0.15, -0.1) is 11.3 Å². The highest BCUT2D eigenvalue weighted by atomic mass is 32.1. The van der Waals surface area contributed by atoms with Crippen LogP contribution in [0.25, 0.3) is 0 Å². The number of nitrogens with one attached hydrogen (secondary N) is 2. The minimum atomic E-state index is -0.784. The van der Waals surface area contributed by atoms with Crippen molar-refractivity contribution in [1.29, 1.82) is 0 Å². The molecule has 1 unspecified atom stereocenters. The van der Waals surface area contributed by atoms with Crippen LogP contribution in [-0.2, 0) is 19.5 Å². The van der Waals surface area contributed by atoms with Crippen molar-refractivity contribution in [1.82, 2.24) is 10.2 Å². The predicted molar refractivity (Wildman–Crippen MR) is 117 cm³/mol. The van der Waals surface area contributed by atoms with Gasteiger partial charge in [-0.05, 0) is 29.7 Å². The summed E-state index contributed by atoms with van der Waals surface area (Å²) >= 11 is 1.53. The first-order chi connectivity index (χ1) is 15.0. The van der Waals surface area contributed by atoms with Crippen LogP contribution in [0.4, 0.5) is 10.7 Å². The second kappa shape index (κ2) is 7.68. The van der Waals surface area contributed by atoms with Crippen molar-refractivity contribution in [2.45, 2.75) is 25.7 Å². The molecule has 1 amide bonds. The molecule has 1 aromatic heterocycles. The first kappa shape index (κ1) is 19.5. The Morgan fingerprint density at radius 1 is 1.19 bits per heavy atom. The van der Waals surface area contributed by atoms with Crippen LogP contribution in [0.5, 0.6) is 5.75 Å². The zero-order valence-corrected chi connectivity index (χ0v) is 17.3. The van der Waals surface area contributed by atoms with Gasteiger partial charge in [0.1, 0.15) is 16.9 Å². The monoisotopic (exact) mass is 436 g/mol. The van der Waals surface area contributed by atoms with Gasteiger partial charge in [-0.3, -0.25) is 19.8 Å². The molecule has 5 rings (SSSR count). The Hall–Kier alpha value is -3.43. The maximum Gasteiger partial charge on any atom is 0.276 e. The molecule has 0 aliphatic carbocycles. The summed E-state index contributed by atoms with van der Waals surface area (Å²) in [6.07, 6.45) is -0.00642. The maximum atomic E-state index is 13.0. The average molecular weight is 436 g/mol. The molecule has 3 aromatic rings. The number of phenolic OH excluding ortho intramolecular Hbond substituents is 1. The molecule has 2 aliphatic rings. The van der Waals surface area contributed by atoms with Crippen LogP contribution in [0.2, 0.25) is 0 Å². The number of nitro benzene ring substituents is 1.